The molecule has 8 nitrogen and oxygen atoms in total. The molecule has 10 atom stereocenters. The molecule has 10 heteroatoms. The first kappa shape index (κ1) is 28.2. The van der Waals surface area contributed by atoms with E-state index < -0.39 is 70.0 Å². The minimum absolute atomic E-state index is 0.0342. The van der Waals surface area contributed by atoms with E-state index in [1.165, 1.54) is 26.2 Å². The number of carbonyl (C=O) groups is 3. The van der Waals surface area contributed by atoms with E-state index in [1.54, 1.807) is 13.8 Å². The number of aliphatic hydroxyl groups excluding tert-OH is 1. The Kier molecular flexibility index (Phi) is 6.77. The summed E-state index contributed by atoms with van der Waals surface area (Å²) >= 11 is 0. The summed E-state index contributed by atoms with van der Waals surface area (Å²) < 4.78 is 49.7. The van der Waals surface area contributed by atoms with Crippen LogP contribution in [-0.2, 0) is 23.8 Å². The molecular formula is C29H38F2O8. The van der Waals surface area contributed by atoms with Gasteiger partial charge in [-0.15, -0.1) is 0 Å². The molecule has 0 spiro atoms. The van der Waals surface area contributed by atoms with Crippen molar-refractivity contribution in [1.29, 1.82) is 0 Å². The average molecular weight is 553 g/mol. The number of carboxylic acids is 1. The lowest BCUT2D eigenvalue weighted by Gasteiger charge is -2.61. The molecule has 5 aliphatic carbocycles. The molecule has 0 aromatic heterocycles. The predicted molar refractivity (Wildman–Crippen MR) is 134 cm³/mol. The van der Waals surface area contributed by atoms with Crippen LogP contribution in [0.15, 0.2) is 23.6 Å². The summed E-state index contributed by atoms with van der Waals surface area (Å²) in [5, 5.41) is 22.1. The van der Waals surface area contributed by atoms with Gasteiger partial charge in [0.15, 0.2) is 11.5 Å². The second-order valence-electron chi connectivity index (χ2n) is 12.6. The van der Waals surface area contributed by atoms with Gasteiger partial charge in [-0.2, -0.15) is 0 Å². The van der Waals surface area contributed by atoms with Crippen LogP contribution in [0, 0.1) is 28.6 Å². The Labute approximate surface area is 226 Å². The number of aliphatic hydroxyl groups is 1. The molecular weight excluding hydrogens is 514 g/mol. The molecule has 2 N–H and O–H groups in total. The maximum atomic E-state index is 17.4. The SMILES string of the molecule is CO[C@@H]1CCCC[C@H]1OC(=O)O[C@]1(C(=O)O)[C@H](C)C[C@H]2[C@@H]3CC(F)=C4CC(=O)C=C[C@]4(C)[C@@]3(F)[C@@H](O)C[C@@]21C. The summed E-state index contributed by atoms with van der Waals surface area (Å²) in [5.74, 6) is -4.96. The standard InChI is InChI=1S/C29H38F2O8/c1-15-11-17-18-13-20(30)19-12-16(32)9-10-26(19,2)28(18,31)23(33)14-27(17,3)29(15,24(34)35)39-25(36)38-22-8-6-5-7-21(22)37-4/h9-10,15,17-18,21-23,33H,5-8,11-14H2,1-4H3,(H,34,35)/t15-,17+,18+,21-,22-,23+,26+,27+,28+,29+/m1/s1. The first-order chi connectivity index (χ1) is 18.3. The van der Waals surface area contributed by atoms with Crippen LogP contribution in [0.4, 0.5) is 13.6 Å². The van der Waals surface area contributed by atoms with E-state index in [-0.39, 0.29) is 43.1 Å². The van der Waals surface area contributed by atoms with E-state index in [9.17, 15) is 24.6 Å². The Morgan fingerprint density at radius 2 is 1.79 bits per heavy atom. The number of ketones is 1. The lowest BCUT2D eigenvalue weighted by atomic mass is 9.45. The van der Waals surface area contributed by atoms with Crippen LogP contribution in [0.2, 0.25) is 0 Å². The van der Waals surface area contributed by atoms with Crippen LogP contribution >= 0.6 is 0 Å². The number of carbonyl (C=O) groups excluding carboxylic acids is 2. The molecule has 3 saturated carbocycles. The largest absolute Gasteiger partial charge is 0.509 e. The fourth-order valence-electron chi connectivity index (χ4n) is 8.96. The van der Waals surface area contributed by atoms with Gasteiger partial charge in [0, 0.05) is 42.6 Å². The molecule has 0 unspecified atom stereocenters. The van der Waals surface area contributed by atoms with Crippen molar-refractivity contribution in [3.05, 3.63) is 23.6 Å². The third-order valence-corrected chi connectivity index (χ3v) is 11.0. The Balaban J connectivity index is 1.52. The Bertz CT molecular complexity index is 1140. The minimum atomic E-state index is -2.35. The first-order valence-electron chi connectivity index (χ1n) is 13.9. The van der Waals surface area contributed by atoms with Crippen molar-refractivity contribution < 1.29 is 47.6 Å². The summed E-state index contributed by atoms with van der Waals surface area (Å²) in [5.41, 5.74) is -7.43. The highest BCUT2D eigenvalue weighted by Crippen LogP contribution is 2.71. The van der Waals surface area contributed by atoms with Crippen molar-refractivity contribution in [3.63, 3.8) is 0 Å². The number of carboxylic acid groups (broad SMARTS) is 1. The molecule has 0 bridgehead atoms. The molecule has 216 valence electrons. The normalized spacial score (nSPS) is 47.2. The van der Waals surface area contributed by atoms with Gasteiger partial charge in [0.05, 0.1) is 12.2 Å². The number of methoxy groups -OCH3 is 1. The zero-order valence-electron chi connectivity index (χ0n) is 22.9. The van der Waals surface area contributed by atoms with Crippen molar-refractivity contribution in [2.45, 2.75) is 102 Å². The quantitative estimate of drug-likeness (QED) is 0.476. The van der Waals surface area contributed by atoms with Gasteiger partial charge in [-0.25, -0.2) is 18.4 Å². The zero-order valence-corrected chi connectivity index (χ0v) is 22.9. The summed E-state index contributed by atoms with van der Waals surface area (Å²) in [4.78, 5) is 38.2. The van der Waals surface area contributed by atoms with Gasteiger partial charge < -0.3 is 24.4 Å². The van der Waals surface area contributed by atoms with Crippen LogP contribution in [0.5, 0.6) is 0 Å². The number of ether oxygens (including phenoxy) is 3. The van der Waals surface area contributed by atoms with E-state index in [0.717, 1.165) is 12.8 Å². The molecule has 0 heterocycles. The Morgan fingerprint density at radius 1 is 1.13 bits per heavy atom. The van der Waals surface area contributed by atoms with Crippen LogP contribution in [0.1, 0.15) is 72.1 Å². The highest BCUT2D eigenvalue weighted by atomic mass is 19.1. The lowest BCUT2D eigenvalue weighted by Crippen LogP contribution is -2.69. The Hall–Kier alpha value is -2.33. The third kappa shape index (κ3) is 3.69. The van der Waals surface area contributed by atoms with E-state index in [4.69, 9.17) is 14.2 Å². The predicted octanol–water partition coefficient (Wildman–Crippen LogP) is 4.83. The molecule has 0 saturated heterocycles. The van der Waals surface area contributed by atoms with E-state index in [1.807, 2.05) is 0 Å². The summed E-state index contributed by atoms with van der Waals surface area (Å²) in [6.45, 7) is 4.71. The number of alkyl halides is 1. The van der Waals surface area contributed by atoms with Crippen LogP contribution in [-0.4, -0.2) is 64.8 Å². The van der Waals surface area contributed by atoms with Gasteiger partial charge in [-0.3, -0.25) is 4.79 Å². The molecule has 0 aromatic carbocycles. The maximum absolute atomic E-state index is 17.4. The summed E-state index contributed by atoms with van der Waals surface area (Å²) in [7, 11) is 1.52. The van der Waals surface area contributed by atoms with Gasteiger partial charge in [-0.1, -0.05) is 26.3 Å². The second-order valence-corrected chi connectivity index (χ2v) is 12.6. The number of aliphatic carboxylic acids is 1. The van der Waals surface area contributed by atoms with E-state index in [2.05, 4.69) is 0 Å². The first-order valence-corrected chi connectivity index (χ1v) is 13.9. The number of hydrogen-bond acceptors (Lipinski definition) is 7. The average Bonchev–Trinajstić information content (AvgIpc) is 3.09. The smallest absolute Gasteiger partial charge is 0.478 e. The minimum Gasteiger partial charge on any atom is -0.478 e. The molecule has 0 aromatic rings. The van der Waals surface area contributed by atoms with Crippen molar-refractivity contribution in [3.8, 4) is 0 Å². The monoisotopic (exact) mass is 552 g/mol. The molecule has 0 amide bonds. The van der Waals surface area contributed by atoms with Crippen LogP contribution in [0.25, 0.3) is 0 Å². The maximum Gasteiger partial charge on any atom is 0.509 e. The fraction of sp³-hybridized carbons (Fsp3) is 0.759. The molecule has 0 aliphatic heterocycles. The molecule has 39 heavy (non-hydrogen) atoms. The molecule has 5 rings (SSSR count). The third-order valence-electron chi connectivity index (χ3n) is 11.0. The number of hydrogen-bond donors (Lipinski definition) is 2. The van der Waals surface area contributed by atoms with E-state index >= 15 is 8.78 Å². The number of rotatable bonds is 4. The van der Waals surface area contributed by atoms with Crippen LogP contribution < -0.4 is 0 Å². The number of halogens is 2. The van der Waals surface area contributed by atoms with Crippen LogP contribution in [0.3, 0.4) is 0 Å². The lowest BCUT2D eigenvalue weighted by molar-refractivity contribution is -0.227. The Morgan fingerprint density at radius 3 is 2.44 bits per heavy atom. The molecule has 0 radical (unpaired) electrons. The highest BCUT2D eigenvalue weighted by Gasteiger charge is 2.78. The summed E-state index contributed by atoms with van der Waals surface area (Å²) in [6.07, 6.45) is 0.983. The van der Waals surface area contributed by atoms with Gasteiger partial charge in [-0.05, 0) is 56.6 Å². The molecule has 3 fully saturated rings. The van der Waals surface area contributed by atoms with Gasteiger partial charge in [0.25, 0.3) is 0 Å². The van der Waals surface area contributed by atoms with Gasteiger partial charge in [0.2, 0.25) is 5.60 Å². The number of allylic oxidation sites excluding steroid dienone is 4. The summed E-state index contributed by atoms with van der Waals surface area (Å²) in [6, 6.07) is 0. The van der Waals surface area contributed by atoms with E-state index in [0.29, 0.717) is 12.8 Å². The fourth-order valence-corrected chi connectivity index (χ4v) is 8.96. The molecule has 5 aliphatic rings. The highest BCUT2D eigenvalue weighted by molar-refractivity contribution is 5.93. The van der Waals surface area contributed by atoms with Crippen molar-refractivity contribution in [2.75, 3.05) is 7.11 Å². The van der Waals surface area contributed by atoms with Crippen molar-refractivity contribution in [2.24, 2.45) is 28.6 Å². The van der Waals surface area contributed by atoms with Gasteiger partial charge >= 0.3 is 12.1 Å². The van der Waals surface area contributed by atoms with Crippen molar-refractivity contribution >= 4 is 17.9 Å². The van der Waals surface area contributed by atoms with Crippen molar-refractivity contribution in [1.82, 2.24) is 0 Å². The van der Waals surface area contributed by atoms with Gasteiger partial charge in [0.1, 0.15) is 11.9 Å². The zero-order chi connectivity index (χ0) is 28.5. The number of fused-ring (bicyclic) bond motifs is 5. The second kappa shape index (κ2) is 9.36. The topological polar surface area (TPSA) is 119 Å².